The average molecular weight is 805 g/mol. The number of pyridine rings is 2. The van der Waals surface area contributed by atoms with Gasteiger partial charge in [0.1, 0.15) is 11.1 Å². The molecule has 7 aromatic rings. The fourth-order valence-electron chi connectivity index (χ4n) is 5.27. The third-order valence-corrected chi connectivity index (χ3v) is 8.99. The van der Waals surface area contributed by atoms with Crippen molar-refractivity contribution in [2.75, 3.05) is 0 Å². The maximum absolute atomic E-state index is 7.23. The molecule has 0 atom stereocenters. The average Bonchev–Trinajstić information content (AvgIpc) is 3.64. The van der Waals surface area contributed by atoms with E-state index in [1.165, 1.54) is 17.3 Å². The number of nitrogens with zero attached hydrogens (tertiary/aromatic N) is 3. The van der Waals surface area contributed by atoms with E-state index in [-0.39, 0.29) is 36.5 Å². The molecular weight excluding hydrogens is 763 g/mol. The van der Waals surface area contributed by atoms with Gasteiger partial charge in [-0.15, -0.1) is 65.4 Å². The van der Waals surface area contributed by atoms with Gasteiger partial charge >= 0.3 is 0 Å². The molecular formula is C40H39IrN3OS-2. The van der Waals surface area contributed by atoms with Gasteiger partial charge in [0.2, 0.25) is 0 Å². The molecule has 0 bridgehead atoms. The molecule has 0 aliphatic carbocycles. The van der Waals surface area contributed by atoms with Gasteiger partial charge in [0, 0.05) is 47.4 Å². The largest absolute Gasteiger partial charge is 0.498 e. The summed E-state index contributed by atoms with van der Waals surface area (Å²) in [5.74, 6) is 0. The van der Waals surface area contributed by atoms with E-state index in [2.05, 4.69) is 89.8 Å². The molecule has 0 N–H and O–H groups in total. The van der Waals surface area contributed by atoms with Gasteiger partial charge < -0.3 is 14.4 Å². The van der Waals surface area contributed by atoms with Crippen LogP contribution in [0, 0.1) is 31.3 Å². The van der Waals surface area contributed by atoms with Crippen LogP contribution >= 0.6 is 11.3 Å². The van der Waals surface area contributed by atoms with Gasteiger partial charge in [0.15, 0.2) is 0 Å². The number of thiazole rings is 1. The van der Waals surface area contributed by atoms with Crippen LogP contribution in [0.15, 0.2) is 83.5 Å². The van der Waals surface area contributed by atoms with E-state index in [1.54, 1.807) is 29.5 Å². The van der Waals surface area contributed by atoms with Gasteiger partial charge in [0.05, 0.1) is 15.3 Å². The standard InChI is InChI=1S/C28H29N2OS.C12H10N.Ir/c1-16-15-29-21(13-17(16)14-27(2,3)4)20-10-8-9-18-19-11-12-22-23(25(19)31-24(18)20)30-26(32-22)28(5,6)7;1-10-7-8-12(13-9-10)11-5-3-2-4-6-11;/h8-9,11-13,15H,14H2,1-7H3;2-5,7-9H,1H3;/q2*-1;/i;1D3;. The first-order valence-corrected chi connectivity index (χ1v) is 16.0. The summed E-state index contributed by atoms with van der Waals surface area (Å²) >= 11 is 1.75. The predicted octanol–water partition coefficient (Wildman–Crippen LogP) is 11.1. The Morgan fingerprint density at radius 2 is 1.63 bits per heavy atom. The quantitative estimate of drug-likeness (QED) is 0.167. The van der Waals surface area contributed by atoms with Crippen LogP contribution in [0.1, 0.15) is 67.4 Å². The molecule has 0 fully saturated rings. The smallest absolute Gasteiger partial charge is 0.148 e. The summed E-state index contributed by atoms with van der Waals surface area (Å²) in [6.07, 6.45) is 4.36. The third kappa shape index (κ3) is 7.15. The van der Waals surface area contributed by atoms with Crippen molar-refractivity contribution < 1.29 is 28.6 Å². The van der Waals surface area contributed by atoms with E-state index in [4.69, 9.17) is 18.5 Å². The molecule has 0 aliphatic heterocycles. The molecule has 237 valence electrons. The van der Waals surface area contributed by atoms with Crippen molar-refractivity contribution >= 4 is 43.5 Å². The van der Waals surface area contributed by atoms with E-state index < -0.39 is 6.85 Å². The molecule has 4 aromatic heterocycles. The number of rotatable bonds is 3. The molecule has 4 nitrogen and oxygen atoms in total. The first-order valence-electron chi connectivity index (χ1n) is 16.6. The number of benzene rings is 3. The zero-order valence-corrected chi connectivity index (χ0v) is 30.4. The number of aryl methyl sites for hydroxylation is 2. The second-order valence-corrected chi connectivity index (χ2v) is 14.7. The van der Waals surface area contributed by atoms with Gasteiger partial charge in [0.25, 0.3) is 0 Å². The summed E-state index contributed by atoms with van der Waals surface area (Å²) in [6, 6.07) is 27.8. The molecule has 0 saturated carbocycles. The van der Waals surface area contributed by atoms with Crippen molar-refractivity contribution in [2.45, 2.75) is 67.2 Å². The summed E-state index contributed by atoms with van der Waals surface area (Å²) in [5, 5.41) is 3.30. The zero-order chi connectivity index (χ0) is 34.4. The molecule has 46 heavy (non-hydrogen) atoms. The van der Waals surface area contributed by atoms with Crippen LogP contribution < -0.4 is 0 Å². The van der Waals surface area contributed by atoms with Crippen molar-refractivity contribution in [3.63, 3.8) is 0 Å². The van der Waals surface area contributed by atoms with E-state index in [0.29, 0.717) is 0 Å². The Morgan fingerprint density at radius 3 is 2.30 bits per heavy atom. The van der Waals surface area contributed by atoms with Crippen molar-refractivity contribution in [3.05, 3.63) is 113 Å². The first-order chi connectivity index (χ1) is 22.6. The Labute approximate surface area is 293 Å². The summed E-state index contributed by atoms with van der Waals surface area (Å²) in [5.41, 5.74) is 9.06. The first kappa shape index (κ1) is 29.7. The van der Waals surface area contributed by atoms with Gasteiger partial charge in [-0.3, -0.25) is 0 Å². The van der Waals surface area contributed by atoms with Gasteiger partial charge in [-0.05, 0) is 54.2 Å². The fraction of sp³-hybridized carbons (Fsp3) is 0.275. The van der Waals surface area contributed by atoms with Gasteiger partial charge in [-0.2, -0.15) is 0 Å². The monoisotopic (exact) mass is 805 g/mol. The van der Waals surface area contributed by atoms with Crippen LogP contribution in [0.3, 0.4) is 0 Å². The Balaban J connectivity index is 0.000000233. The molecule has 0 amide bonds. The molecule has 4 heterocycles. The molecule has 7 rings (SSSR count). The van der Waals surface area contributed by atoms with Gasteiger partial charge in [-0.1, -0.05) is 82.3 Å². The normalized spacial score (nSPS) is 13.1. The summed E-state index contributed by atoms with van der Waals surface area (Å²) in [4.78, 5) is 13.9. The van der Waals surface area contributed by atoms with Crippen LogP contribution in [-0.2, 0) is 31.9 Å². The Hall–Kier alpha value is -3.70. The van der Waals surface area contributed by atoms with Crippen LogP contribution in [0.4, 0.5) is 0 Å². The number of fused-ring (bicyclic) bond motifs is 5. The summed E-state index contributed by atoms with van der Waals surface area (Å²) in [6.45, 7) is 13.4. The number of hydrogen-bond acceptors (Lipinski definition) is 5. The molecule has 0 spiro atoms. The van der Waals surface area contributed by atoms with Crippen molar-refractivity contribution in [1.29, 1.82) is 0 Å². The number of furan rings is 1. The number of aromatic nitrogens is 3. The van der Waals surface area contributed by atoms with Crippen LogP contribution in [0.25, 0.3) is 54.7 Å². The van der Waals surface area contributed by atoms with Crippen LogP contribution in [0.2, 0.25) is 0 Å². The fourth-order valence-corrected chi connectivity index (χ4v) is 6.29. The Bertz CT molecular complexity index is 2230. The summed E-state index contributed by atoms with van der Waals surface area (Å²) < 4.78 is 29.4. The SMILES string of the molecule is Cc1cnc(-c2[c-]ccc3c2oc2c3ccc3sc(C(C)(C)C)nc32)cc1CC(C)(C)C.[2H]C([2H])([2H])c1ccc(-c2[c-]cccc2)nc1.[Ir]. The minimum atomic E-state index is -2.09. The molecule has 6 heteroatoms. The topological polar surface area (TPSA) is 51.8 Å². The van der Waals surface area contributed by atoms with E-state index >= 15 is 0 Å². The molecule has 3 aromatic carbocycles. The predicted molar refractivity (Wildman–Crippen MR) is 189 cm³/mol. The molecule has 0 saturated heterocycles. The second kappa shape index (κ2) is 13.2. The third-order valence-electron chi connectivity index (χ3n) is 7.54. The van der Waals surface area contributed by atoms with E-state index in [1.807, 2.05) is 30.5 Å². The molecule has 1 radical (unpaired) electrons. The van der Waals surface area contributed by atoms with Crippen molar-refractivity contribution in [3.8, 4) is 22.5 Å². The van der Waals surface area contributed by atoms with E-state index in [9.17, 15) is 0 Å². The van der Waals surface area contributed by atoms with Crippen molar-refractivity contribution in [2.24, 2.45) is 5.41 Å². The second-order valence-electron chi connectivity index (χ2n) is 13.7. The maximum atomic E-state index is 7.23. The zero-order valence-electron chi connectivity index (χ0n) is 30.2. The number of hydrogen-bond donors (Lipinski definition) is 0. The Morgan fingerprint density at radius 1 is 0.848 bits per heavy atom. The molecule has 0 unspecified atom stereocenters. The van der Waals surface area contributed by atoms with Crippen LogP contribution in [0.5, 0.6) is 0 Å². The molecule has 0 aliphatic rings. The minimum absolute atomic E-state index is 0. The maximum Gasteiger partial charge on any atom is 0.148 e. The van der Waals surface area contributed by atoms with Crippen molar-refractivity contribution in [1.82, 2.24) is 15.0 Å². The minimum Gasteiger partial charge on any atom is -0.498 e. The van der Waals surface area contributed by atoms with Crippen LogP contribution in [-0.4, -0.2) is 15.0 Å². The van der Waals surface area contributed by atoms with E-state index in [0.717, 1.165) is 66.1 Å². The Kier molecular flexibility index (Phi) is 8.51. The summed E-state index contributed by atoms with van der Waals surface area (Å²) in [7, 11) is 0. The van der Waals surface area contributed by atoms with Gasteiger partial charge in [-0.25, -0.2) is 4.98 Å².